The molecule has 2 heterocycles. The SMILES string of the molecule is S/C=C(\S)c1ccnc(-c2ccccn2)c1. The molecule has 4 heteroatoms. The van der Waals surface area contributed by atoms with Crippen molar-refractivity contribution in [1.82, 2.24) is 9.97 Å². The lowest BCUT2D eigenvalue weighted by molar-refractivity contribution is 1.24. The first-order valence-electron chi connectivity index (χ1n) is 4.72. The van der Waals surface area contributed by atoms with Gasteiger partial charge in [-0.3, -0.25) is 9.97 Å². The van der Waals surface area contributed by atoms with Gasteiger partial charge in [0, 0.05) is 17.3 Å². The molecule has 0 aliphatic heterocycles. The van der Waals surface area contributed by atoms with E-state index in [0.717, 1.165) is 21.9 Å². The maximum atomic E-state index is 4.32. The summed E-state index contributed by atoms with van der Waals surface area (Å²) in [6, 6.07) is 9.57. The molecule has 0 N–H and O–H groups in total. The number of pyridine rings is 2. The third-order valence-corrected chi connectivity index (χ3v) is 2.95. The molecular formula is C12H10N2S2. The van der Waals surface area contributed by atoms with Gasteiger partial charge in [-0.1, -0.05) is 6.07 Å². The zero-order valence-corrected chi connectivity index (χ0v) is 10.2. The Balaban J connectivity index is 2.44. The first-order valence-corrected chi connectivity index (χ1v) is 5.69. The van der Waals surface area contributed by atoms with Gasteiger partial charge >= 0.3 is 0 Å². The maximum absolute atomic E-state index is 4.32. The number of aromatic nitrogens is 2. The fourth-order valence-corrected chi connectivity index (χ4v) is 1.61. The number of hydrogen-bond donors (Lipinski definition) is 2. The Hall–Kier alpha value is -1.26. The topological polar surface area (TPSA) is 25.8 Å². The molecule has 0 unspecified atom stereocenters. The smallest absolute Gasteiger partial charge is 0.0892 e. The summed E-state index contributed by atoms with van der Waals surface area (Å²) in [4.78, 5) is 9.34. The van der Waals surface area contributed by atoms with Crippen molar-refractivity contribution in [3.05, 3.63) is 53.7 Å². The summed E-state index contributed by atoms with van der Waals surface area (Å²) in [6.45, 7) is 0. The van der Waals surface area contributed by atoms with Gasteiger partial charge in [0.25, 0.3) is 0 Å². The molecular weight excluding hydrogens is 236 g/mol. The van der Waals surface area contributed by atoms with Crippen LogP contribution in [0.1, 0.15) is 5.56 Å². The molecule has 2 nitrogen and oxygen atoms in total. The molecule has 0 aliphatic carbocycles. The van der Waals surface area contributed by atoms with Crippen LogP contribution < -0.4 is 0 Å². The van der Waals surface area contributed by atoms with Crippen molar-refractivity contribution in [3.63, 3.8) is 0 Å². The second kappa shape index (κ2) is 5.18. The van der Waals surface area contributed by atoms with E-state index in [1.807, 2.05) is 30.3 Å². The third kappa shape index (κ3) is 2.46. The number of rotatable bonds is 2. The van der Waals surface area contributed by atoms with E-state index in [0.29, 0.717) is 0 Å². The minimum absolute atomic E-state index is 0.808. The highest BCUT2D eigenvalue weighted by atomic mass is 32.1. The summed E-state index contributed by atoms with van der Waals surface area (Å²) in [6.07, 6.45) is 3.49. The lowest BCUT2D eigenvalue weighted by atomic mass is 10.2. The number of hydrogen-bond acceptors (Lipinski definition) is 4. The Bertz CT molecular complexity index is 509. The van der Waals surface area contributed by atoms with Crippen LogP contribution in [0.3, 0.4) is 0 Å². The van der Waals surface area contributed by atoms with Crippen molar-refractivity contribution < 1.29 is 0 Å². The molecule has 0 aliphatic rings. The molecule has 2 aromatic rings. The normalized spacial score (nSPS) is 11.5. The first kappa shape index (κ1) is 11.2. The van der Waals surface area contributed by atoms with E-state index in [1.165, 1.54) is 0 Å². The molecule has 0 amide bonds. The van der Waals surface area contributed by atoms with Gasteiger partial charge in [-0.2, -0.15) is 12.6 Å². The number of thiol groups is 2. The van der Waals surface area contributed by atoms with Crippen LogP contribution in [0.15, 0.2) is 48.1 Å². The van der Waals surface area contributed by atoms with Gasteiger partial charge in [0.1, 0.15) is 0 Å². The van der Waals surface area contributed by atoms with Gasteiger partial charge in [0.15, 0.2) is 0 Å². The van der Waals surface area contributed by atoms with Crippen LogP contribution in [0.5, 0.6) is 0 Å². The van der Waals surface area contributed by atoms with Crippen molar-refractivity contribution in [1.29, 1.82) is 0 Å². The van der Waals surface area contributed by atoms with Crippen LogP contribution >= 0.6 is 25.3 Å². The molecule has 0 atom stereocenters. The maximum Gasteiger partial charge on any atom is 0.0892 e. The van der Waals surface area contributed by atoms with E-state index in [1.54, 1.807) is 17.8 Å². The minimum Gasteiger partial charge on any atom is -0.255 e. The minimum atomic E-state index is 0.808. The fourth-order valence-electron chi connectivity index (χ4n) is 1.32. The summed E-state index contributed by atoms with van der Waals surface area (Å²) in [5, 5.41) is 1.65. The quantitative estimate of drug-likeness (QED) is 0.795. The molecule has 0 fully saturated rings. The van der Waals surface area contributed by atoms with E-state index in [9.17, 15) is 0 Å². The van der Waals surface area contributed by atoms with E-state index in [2.05, 4.69) is 35.2 Å². The summed E-state index contributed by atoms with van der Waals surface area (Å²) in [5.41, 5.74) is 2.67. The van der Waals surface area contributed by atoms with E-state index >= 15 is 0 Å². The van der Waals surface area contributed by atoms with Crippen LogP contribution in [0, 0.1) is 0 Å². The Morgan fingerprint density at radius 2 is 1.88 bits per heavy atom. The zero-order chi connectivity index (χ0) is 11.4. The van der Waals surface area contributed by atoms with Crippen molar-refractivity contribution >= 4 is 30.2 Å². The first-order chi connectivity index (χ1) is 7.81. The number of nitrogens with zero attached hydrogens (tertiary/aromatic N) is 2. The van der Waals surface area contributed by atoms with E-state index in [4.69, 9.17) is 0 Å². The van der Waals surface area contributed by atoms with Gasteiger partial charge < -0.3 is 0 Å². The molecule has 0 aromatic carbocycles. The molecule has 16 heavy (non-hydrogen) atoms. The standard InChI is InChI=1S/C12H10N2S2/c15-8-12(16)9-4-6-14-11(7-9)10-3-1-2-5-13-10/h1-8,15-16H/b12-8-. The van der Waals surface area contributed by atoms with Crippen LogP contribution in [-0.4, -0.2) is 9.97 Å². The summed E-state index contributed by atoms with van der Waals surface area (Å²) in [7, 11) is 0. The molecule has 0 saturated carbocycles. The molecule has 0 radical (unpaired) electrons. The van der Waals surface area contributed by atoms with Crippen molar-refractivity contribution in [2.24, 2.45) is 0 Å². The third-order valence-electron chi connectivity index (χ3n) is 2.11. The Kier molecular flexibility index (Phi) is 3.64. The van der Waals surface area contributed by atoms with Crippen molar-refractivity contribution in [3.8, 4) is 11.4 Å². The average molecular weight is 246 g/mol. The van der Waals surface area contributed by atoms with Crippen molar-refractivity contribution in [2.45, 2.75) is 0 Å². The summed E-state index contributed by atoms with van der Waals surface area (Å²) in [5.74, 6) is 0. The van der Waals surface area contributed by atoms with E-state index < -0.39 is 0 Å². The summed E-state index contributed by atoms with van der Waals surface area (Å²) < 4.78 is 0. The highest BCUT2D eigenvalue weighted by Gasteiger charge is 2.02. The van der Waals surface area contributed by atoms with Gasteiger partial charge in [-0.15, -0.1) is 12.6 Å². The van der Waals surface area contributed by atoms with Crippen molar-refractivity contribution in [2.75, 3.05) is 0 Å². The predicted octanol–water partition coefficient (Wildman–Crippen LogP) is 3.30. The highest BCUT2D eigenvalue weighted by molar-refractivity contribution is 7.92. The van der Waals surface area contributed by atoms with Gasteiger partial charge in [-0.05, 0) is 35.2 Å². The Morgan fingerprint density at radius 1 is 1.06 bits per heavy atom. The average Bonchev–Trinajstić information content (AvgIpc) is 2.39. The lowest BCUT2D eigenvalue weighted by Crippen LogP contribution is -1.87. The van der Waals surface area contributed by atoms with Crippen LogP contribution in [0.2, 0.25) is 0 Å². The Labute approximate surface area is 105 Å². The molecule has 0 saturated heterocycles. The predicted molar refractivity (Wildman–Crippen MR) is 73.4 cm³/mol. The molecule has 2 aromatic heterocycles. The molecule has 0 bridgehead atoms. The van der Waals surface area contributed by atoms with E-state index in [-0.39, 0.29) is 0 Å². The largest absolute Gasteiger partial charge is 0.255 e. The van der Waals surface area contributed by atoms with Crippen LogP contribution in [0.25, 0.3) is 16.3 Å². The van der Waals surface area contributed by atoms with Gasteiger partial charge in [0.05, 0.1) is 11.4 Å². The molecule has 0 spiro atoms. The second-order valence-electron chi connectivity index (χ2n) is 3.16. The van der Waals surface area contributed by atoms with Crippen LogP contribution in [-0.2, 0) is 0 Å². The molecule has 80 valence electrons. The zero-order valence-electron chi connectivity index (χ0n) is 8.41. The van der Waals surface area contributed by atoms with Gasteiger partial charge in [0.2, 0.25) is 0 Å². The molecule has 2 rings (SSSR count). The van der Waals surface area contributed by atoms with Gasteiger partial charge in [-0.25, -0.2) is 0 Å². The Morgan fingerprint density at radius 3 is 2.56 bits per heavy atom. The van der Waals surface area contributed by atoms with Crippen LogP contribution in [0.4, 0.5) is 0 Å². The summed E-state index contributed by atoms with van der Waals surface area (Å²) >= 11 is 8.39. The fraction of sp³-hybridized carbons (Fsp3) is 0. The highest BCUT2D eigenvalue weighted by Crippen LogP contribution is 2.22. The second-order valence-corrected chi connectivity index (χ2v) is 3.90. The lowest BCUT2D eigenvalue weighted by Gasteiger charge is -2.03. The monoisotopic (exact) mass is 246 g/mol.